The number of likely N-dealkylation sites (tertiary alicyclic amines) is 1. The second kappa shape index (κ2) is 7.84. The molecule has 1 N–H and O–H groups in total. The zero-order valence-electron chi connectivity index (χ0n) is 13.3. The van der Waals surface area contributed by atoms with E-state index in [4.69, 9.17) is 4.42 Å². The van der Waals surface area contributed by atoms with Crippen LogP contribution in [0.4, 0.5) is 0 Å². The van der Waals surface area contributed by atoms with Gasteiger partial charge in [-0.3, -0.25) is 4.90 Å². The number of rotatable bonds is 7. The van der Waals surface area contributed by atoms with Crippen LogP contribution < -0.4 is 5.32 Å². The van der Waals surface area contributed by atoms with Gasteiger partial charge in [0.15, 0.2) is 0 Å². The Morgan fingerprint density at radius 1 is 1.40 bits per heavy atom. The van der Waals surface area contributed by atoms with Crippen LogP contribution in [0.25, 0.3) is 0 Å². The molecule has 2 heterocycles. The average molecular weight is 278 g/mol. The van der Waals surface area contributed by atoms with Crippen molar-refractivity contribution in [1.82, 2.24) is 10.2 Å². The van der Waals surface area contributed by atoms with E-state index in [1.807, 2.05) is 6.26 Å². The smallest absolute Gasteiger partial charge is 0.118 e. The summed E-state index contributed by atoms with van der Waals surface area (Å²) < 4.78 is 5.74. The molecular weight excluding hydrogens is 248 g/mol. The predicted octanol–water partition coefficient (Wildman–Crippen LogP) is 3.79. The van der Waals surface area contributed by atoms with Gasteiger partial charge in [0.1, 0.15) is 5.76 Å². The Balaban J connectivity index is 1.82. The molecule has 1 aliphatic rings. The van der Waals surface area contributed by atoms with Gasteiger partial charge in [-0.15, -0.1) is 0 Å². The van der Waals surface area contributed by atoms with E-state index in [0.717, 1.165) is 31.4 Å². The summed E-state index contributed by atoms with van der Waals surface area (Å²) >= 11 is 0. The van der Waals surface area contributed by atoms with Crippen LogP contribution in [0.3, 0.4) is 0 Å². The summed E-state index contributed by atoms with van der Waals surface area (Å²) in [6.07, 6.45) is 7.23. The molecule has 0 bridgehead atoms. The fourth-order valence-corrected chi connectivity index (χ4v) is 3.04. The highest BCUT2D eigenvalue weighted by Crippen LogP contribution is 2.22. The van der Waals surface area contributed by atoms with E-state index in [1.54, 1.807) is 0 Å². The van der Waals surface area contributed by atoms with Crippen molar-refractivity contribution >= 4 is 0 Å². The number of hydrogen-bond acceptors (Lipinski definition) is 3. The average Bonchev–Trinajstić information content (AvgIpc) is 2.86. The fraction of sp³-hybridized carbons (Fsp3) is 0.765. The number of furan rings is 1. The molecule has 0 aliphatic carbocycles. The first-order valence-electron chi connectivity index (χ1n) is 8.20. The molecular formula is C17H30N2O. The van der Waals surface area contributed by atoms with Crippen LogP contribution in [0.15, 0.2) is 16.7 Å². The van der Waals surface area contributed by atoms with E-state index in [9.17, 15) is 0 Å². The Labute approximate surface area is 123 Å². The minimum absolute atomic E-state index is 0.694. The van der Waals surface area contributed by atoms with Crippen molar-refractivity contribution < 1.29 is 4.42 Å². The third kappa shape index (κ3) is 4.64. The summed E-state index contributed by atoms with van der Waals surface area (Å²) in [5.41, 5.74) is 1.27. The van der Waals surface area contributed by atoms with Crippen LogP contribution in [0.5, 0.6) is 0 Å². The van der Waals surface area contributed by atoms with Gasteiger partial charge in [-0.05, 0) is 44.3 Å². The van der Waals surface area contributed by atoms with Crippen LogP contribution in [0, 0.1) is 5.92 Å². The van der Waals surface area contributed by atoms with E-state index in [-0.39, 0.29) is 0 Å². The molecule has 3 nitrogen and oxygen atoms in total. The van der Waals surface area contributed by atoms with Crippen molar-refractivity contribution in [3.8, 4) is 0 Å². The second-order valence-corrected chi connectivity index (χ2v) is 6.47. The molecule has 1 aromatic rings. The zero-order chi connectivity index (χ0) is 14.4. The molecule has 2 rings (SSSR count). The summed E-state index contributed by atoms with van der Waals surface area (Å²) in [7, 11) is 0. The first-order chi connectivity index (χ1) is 9.69. The predicted molar refractivity (Wildman–Crippen MR) is 83.6 cm³/mol. The molecule has 1 aromatic heterocycles. The molecule has 114 valence electrons. The number of piperidine rings is 1. The molecule has 1 fully saturated rings. The van der Waals surface area contributed by atoms with E-state index in [0.29, 0.717) is 5.92 Å². The van der Waals surface area contributed by atoms with Gasteiger partial charge < -0.3 is 9.73 Å². The normalized spacial score (nSPS) is 20.7. The standard InChI is InChI=1S/C17H30N2O/c1-4-16-7-5-6-8-19(16)12-17-9-15(13-20-17)11-18-10-14(2)3/h9,13-14,16,18H,4-8,10-12H2,1-3H3. The number of hydrogen-bond donors (Lipinski definition) is 1. The maximum absolute atomic E-state index is 5.74. The van der Waals surface area contributed by atoms with Gasteiger partial charge in [0.2, 0.25) is 0 Å². The number of nitrogens with zero attached hydrogens (tertiary/aromatic N) is 1. The van der Waals surface area contributed by atoms with Crippen LogP contribution >= 0.6 is 0 Å². The van der Waals surface area contributed by atoms with Gasteiger partial charge in [0.05, 0.1) is 12.8 Å². The van der Waals surface area contributed by atoms with E-state index in [2.05, 4.69) is 37.1 Å². The topological polar surface area (TPSA) is 28.4 Å². The Kier molecular flexibility index (Phi) is 6.11. The van der Waals surface area contributed by atoms with Gasteiger partial charge in [0, 0.05) is 18.2 Å². The van der Waals surface area contributed by atoms with Gasteiger partial charge in [-0.1, -0.05) is 27.2 Å². The Morgan fingerprint density at radius 2 is 2.25 bits per heavy atom. The second-order valence-electron chi connectivity index (χ2n) is 6.47. The number of nitrogens with one attached hydrogen (secondary N) is 1. The minimum atomic E-state index is 0.694. The van der Waals surface area contributed by atoms with E-state index >= 15 is 0 Å². The van der Waals surface area contributed by atoms with Crippen molar-refractivity contribution in [3.05, 3.63) is 23.7 Å². The maximum Gasteiger partial charge on any atom is 0.118 e. The van der Waals surface area contributed by atoms with Crippen molar-refractivity contribution in [3.63, 3.8) is 0 Å². The van der Waals surface area contributed by atoms with Crippen molar-refractivity contribution in [2.45, 2.75) is 65.6 Å². The van der Waals surface area contributed by atoms with Crippen molar-refractivity contribution in [2.24, 2.45) is 5.92 Å². The summed E-state index contributed by atoms with van der Waals surface area (Å²) in [5, 5.41) is 3.46. The largest absolute Gasteiger partial charge is 0.468 e. The Hall–Kier alpha value is -0.800. The van der Waals surface area contributed by atoms with Gasteiger partial charge in [0.25, 0.3) is 0 Å². The molecule has 0 amide bonds. The lowest BCUT2D eigenvalue weighted by atomic mass is 10.00. The van der Waals surface area contributed by atoms with Crippen molar-refractivity contribution in [1.29, 1.82) is 0 Å². The van der Waals surface area contributed by atoms with Crippen LogP contribution in [-0.4, -0.2) is 24.0 Å². The first kappa shape index (κ1) is 15.6. The molecule has 0 spiro atoms. The Bertz CT molecular complexity index is 386. The van der Waals surface area contributed by atoms with Crippen LogP contribution in [0.2, 0.25) is 0 Å². The summed E-state index contributed by atoms with van der Waals surface area (Å²) in [5.74, 6) is 1.81. The third-order valence-corrected chi connectivity index (χ3v) is 4.17. The highest BCUT2D eigenvalue weighted by molar-refractivity contribution is 5.12. The summed E-state index contributed by atoms with van der Waals surface area (Å²) in [6, 6.07) is 2.96. The SMILES string of the molecule is CCC1CCCCN1Cc1cc(CNCC(C)C)co1. The van der Waals surface area contributed by atoms with Crippen molar-refractivity contribution in [2.75, 3.05) is 13.1 Å². The maximum atomic E-state index is 5.74. The quantitative estimate of drug-likeness (QED) is 0.822. The minimum Gasteiger partial charge on any atom is -0.468 e. The lowest BCUT2D eigenvalue weighted by molar-refractivity contribution is 0.126. The van der Waals surface area contributed by atoms with Gasteiger partial charge in [-0.25, -0.2) is 0 Å². The molecule has 0 aromatic carbocycles. The third-order valence-electron chi connectivity index (χ3n) is 4.17. The molecule has 20 heavy (non-hydrogen) atoms. The lowest BCUT2D eigenvalue weighted by Crippen LogP contribution is -2.38. The highest BCUT2D eigenvalue weighted by atomic mass is 16.3. The molecule has 1 aliphatic heterocycles. The molecule has 0 saturated carbocycles. The molecule has 1 atom stereocenters. The highest BCUT2D eigenvalue weighted by Gasteiger charge is 2.21. The Morgan fingerprint density at radius 3 is 3.00 bits per heavy atom. The molecule has 0 radical (unpaired) electrons. The molecule has 1 saturated heterocycles. The fourth-order valence-electron chi connectivity index (χ4n) is 3.04. The van der Waals surface area contributed by atoms with E-state index in [1.165, 1.54) is 37.8 Å². The molecule has 1 unspecified atom stereocenters. The van der Waals surface area contributed by atoms with Crippen LogP contribution in [-0.2, 0) is 13.1 Å². The van der Waals surface area contributed by atoms with Gasteiger partial charge >= 0.3 is 0 Å². The molecule has 3 heteroatoms. The monoisotopic (exact) mass is 278 g/mol. The summed E-state index contributed by atoms with van der Waals surface area (Å²) in [6.45, 7) is 10.9. The zero-order valence-corrected chi connectivity index (χ0v) is 13.3. The first-order valence-corrected chi connectivity index (χ1v) is 8.20. The van der Waals surface area contributed by atoms with E-state index < -0.39 is 0 Å². The van der Waals surface area contributed by atoms with Crippen LogP contribution in [0.1, 0.15) is 57.8 Å². The summed E-state index contributed by atoms with van der Waals surface area (Å²) in [4.78, 5) is 2.59. The van der Waals surface area contributed by atoms with Gasteiger partial charge in [-0.2, -0.15) is 0 Å². The lowest BCUT2D eigenvalue weighted by Gasteiger charge is -2.34.